The van der Waals surface area contributed by atoms with Gasteiger partial charge < -0.3 is 9.84 Å². The third-order valence-electron chi connectivity index (χ3n) is 3.84. The number of nitrogens with one attached hydrogen (secondary N) is 1. The number of nitrogens with zero attached hydrogens (tertiary/aromatic N) is 4. The first-order valence-electron chi connectivity index (χ1n) is 8.02. The largest absolute Gasteiger partial charge is 0.341 e. The Bertz CT molecular complexity index is 1070. The highest BCUT2D eigenvalue weighted by Crippen LogP contribution is 2.23. The summed E-state index contributed by atoms with van der Waals surface area (Å²) in [5.74, 6) is 0.578. The lowest BCUT2D eigenvalue weighted by Crippen LogP contribution is -2.26. The fourth-order valence-corrected chi connectivity index (χ4v) is 3.41. The molecule has 1 atom stereocenters. The van der Waals surface area contributed by atoms with Gasteiger partial charge in [0.1, 0.15) is 6.04 Å². The first-order chi connectivity index (χ1) is 12.6. The van der Waals surface area contributed by atoms with Crippen LogP contribution in [0.1, 0.15) is 34.2 Å². The molecule has 4 aromatic rings. The molecule has 0 aliphatic carbocycles. The third-order valence-corrected chi connectivity index (χ3v) is 4.77. The van der Waals surface area contributed by atoms with Crippen molar-refractivity contribution in [1.82, 2.24) is 25.4 Å². The second kappa shape index (κ2) is 6.64. The van der Waals surface area contributed by atoms with Gasteiger partial charge in [-0.1, -0.05) is 5.16 Å². The second-order valence-electron chi connectivity index (χ2n) is 5.81. The molecule has 1 unspecified atom stereocenters. The van der Waals surface area contributed by atoms with Gasteiger partial charge in [0.15, 0.2) is 0 Å². The molecule has 8 heteroatoms. The summed E-state index contributed by atoms with van der Waals surface area (Å²) in [6.07, 6.45) is 3.33. The van der Waals surface area contributed by atoms with Crippen molar-refractivity contribution in [2.24, 2.45) is 0 Å². The zero-order chi connectivity index (χ0) is 18.1. The van der Waals surface area contributed by atoms with E-state index in [1.165, 1.54) is 0 Å². The van der Waals surface area contributed by atoms with E-state index >= 15 is 0 Å². The van der Waals surface area contributed by atoms with Gasteiger partial charge in [0.25, 0.3) is 5.91 Å². The molecule has 0 radical (unpaired) electrons. The molecule has 0 fully saturated rings. The van der Waals surface area contributed by atoms with Gasteiger partial charge >= 0.3 is 0 Å². The lowest BCUT2D eigenvalue weighted by molar-refractivity contribution is 0.0932. The SMILES string of the molecule is Cc1nc2ccc(C(=O)NC(C)c3nc(-c4cccnc4)no3)cc2s1. The molecule has 0 aliphatic rings. The molecule has 0 saturated carbocycles. The van der Waals surface area contributed by atoms with Crippen LogP contribution in [0.2, 0.25) is 0 Å². The zero-order valence-electron chi connectivity index (χ0n) is 14.1. The number of carbonyl (C=O) groups excluding carboxylic acids is 1. The molecule has 1 N–H and O–H groups in total. The molecule has 0 aliphatic heterocycles. The van der Waals surface area contributed by atoms with Crippen LogP contribution in [0.5, 0.6) is 0 Å². The Morgan fingerprint density at radius 2 is 2.15 bits per heavy atom. The number of aromatic nitrogens is 4. The molecule has 1 aromatic carbocycles. The lowest BCUT2D eigenvalue weighted by Gasteiger charge is -2.09. The molecule has 26 heavy (non-hydrogen) atoms. The van der Waals surface area contributed by atoms with Gasteiger partial charge in [-0.2, -0.15) is 4.98 Å². The number of benzene rings is 1. The van der Waals surface area contributed by atoms with Crippen molar-refractivity contribution in [3.63, 3.8) is 0 Å². The maximum Gasteiger partial charge on any atom is 0.251 e. The predicted molar refractivity (Wildman–Crippen MR) is 97.8 cm³/mol. The maximum absolute atomic E-state index is 12.5. The van der Waals surface area contributed by atoms with Crippen molar-refractivity contribution in [3.8, 4) is 11.4 Å². The molecule has 4 rings (SSSR count). The third kappa shape index (κ3) is 3.18. The van der Waals surface area contributed by atoms with Gasteiger partial charge in [0, 0.05) is 23.5 Å². The monoisotopic (exact) mass is 365 g/mol. The van der Waals surface area contributed by atoms with Gasteiger partial charge in [0.2, 0.25) is 11.7 Å². The number of thiazole rings is 1. The summed E-state index contributed by atoms with van der Waals surface area (Å²) in [4.78, 5) is 25.3. The molecule has 3 heterocycles. The van der Waals surface area contributed by atoms with Crippen LogP contribution in [0.3, 0.4) is 0 Å². The van der Waals surface area contributed by atoms with E-state index in [1.807, 2.05) is 25.1 Å². The molecule has 0 saturated heterocycles. The minimum atomic E-state index is -0.417. The Hall–Kier alpha value is -3.13. The van der Waals surface area contributed by atoms with Gasteiger partial charge in [-0.15, -0.1) is 11.3 Å². The number of hydrogen-bond donors (Lipinski definition) is 1. The van der Waals surface area contributed by atoms with Crippen LogP contribution in [-0.2, 0) is 0 Å². The first kappa shape index (κ1) is 16.3. The predicted octanol–water partition coefficient (Wildman–Crippen LogP) is 3.54. The van der Waals surface area contributed by atoms with Gasteiger partial charge in [-0.05, 0) is 44.2 Å². The highest BCUT2D eigenvalue weighted by atomic mass is 32.1. The quantitative estimate of drug-likeness (QED) is 0.594. The molecule has 7 nitrogen and oxygen atoms in total. The van der Waals surface area contributed by atoms with Crippen LogP contribution >= 0.6 is 11.3 Å². The normalized spacial score (nSPS) is 12.2. The maximum atomic E-state index is 12.5. The summed E-state index contributed by atoms with van der Waals surface area (Å²) in [7, 11) is 0. The summed E-state index contributed by atoms with van der Waals surface area (Å²) in [6.45, 7) is 3.75. The zero-order valence-corrected chi connectivity index (χ0v) is 14.9. The summed E-state index contributed by atoms with van der Waals surface area (Å²) < 4.78 is 6.27. The van der Waals surface area contributed by atoms with E-state index in [9.17, 15) is 4.79 Å². The van der Waals surface area contributed by atoms with Crippen molar-refractivity contribution in [1.29, 1.82) is 0 Å². The van der Waals surface area contributed by atoms with E-state index in [0.717, 1.165) is 20.8 Å². The molecule has 1 amide bonds. The minimum absolute atomic E-state index is 0.202. The average Bonchev–Trinajstić information content (AvgIpc) is 3.27. The van der Waals surface area contributed by atoms with E-state index in [-0.39, 0.29) is 5.91 Å². The standard InChI is InChI=1S/C18H15N5O2S/c1-10(18-22-16(23-25-18)13-4-3-7-19-9-13)20-17(24)12-5-6-14-15(8-12)26-11(2)21-14/h3-10H,1-2H3,(H,20,24). The fraction of sp³-hybridized carbons (Fsp3) is 0.167. The minimum Gasteiger partial charge on any atom is -0.341 e. The molecular weight excluding hydrogens is 350 g/mol. The van der Waals surface area contributed by atoms with E-state index in [4.69, 9.17) is 4.52 Å². The van der Waals surface area contributed by atoms with Crippen molar-refractivity contribution in [2.45, 2.75) is 19.9 Å². The van der Waals surface area contributed by atoms with Crippen molar-refractivity contribution in [3.05, 3.63) is 59.2 Å². The van der Waals surface area contributed by atoms with Crippen molar-refractivity contribution < 1.29 is 9.32 Å². The van der Waals surface area contributed by atoms with Gasteiger partial charge in [-0.25, -0.2) is 4.98 Å². The van der Waals surface area contributed by atoms with E-state index in [1.54, 1.807) is 42.8 Å². The molecule has 130 valence electrons. The molecule has 3 aromatic heterocycles. The number of pyridine rings is 1. The summed E-state index contributed by atoms with van der Waals surface area (Å²) in [5.41, 5.74) is 2.22. The van der Waals surface area contributed by atoms with Crippen LogP contribution in [0.4, 0.5) is 0 Å². The smallest absolute Gasteiger partial charge is 0.251 e. The van der Waals surface area contributed by atoms with Crippen LogP contribution in [0.25, 0.3) is 21.6 Å². The molecule has 0 spiro atoms. The Morgan fingerprint density at radius 3 is 2.96 bits per heavy atom. The summed E-state index contributed by atoms with van der Waals surface area (Å²) in [5, 5.41) is 7.80. The number of carbonyl (C=O) groups is 1. The second-order valence-corrected chi connectivity index (χ2v) is 7.04. The van der Waals surface area contributed by atoms with E-state index in [2.05, 4.69) is 25.4 Å². The van der Waals surface area contributed by atoms with Crippen LogP contribution < -0.4 is 5.32 Å². The number of fused-ring (bicyclic) bond motifs is 1. The van der Waals surface area contributed by atoms with E-state index in [0.29, 0.717) is 17.3 Å². The summed E-state index contributed by atoms with van der Waals surface area (Å²) in [6, 6.07) is 8.69. The van der Waals surface area contributed by atoms with Crippen LogP contribution in [0, 0.1) is 6.92 Å². The van der Waals surface area contributed by atoms with Crippen molar-refractivity contribution in [2.75, 3.05) is 0 Å². The van der Waals surface area contributed by atoms with Gasteiger partial charge in [0.05, 0.1) is 15.2 Å². The van der Waals surface area contributed by atoms with Crippen LogP contribution in [-0.4, -0.2) is 26.0 Å². The number of aryl methyl sites for hydroxylation is 1. The lowest BCUT2D eigenvalue weighted by atomic mass is 10.2. The molecular formula is C18H15N5O2S. The van der Waals surface area contributed by atoms with Gasteiger partial charge in [-0.3, -0.25) is 9.78 Å². The molecule has 0 bridgehead atoms. The Morgan fingerprint density at radius 1 is 1.27 bits per heavy atom. The Kier molecular flexibility index (Phi) is 4.18. The Labute approximate surface area is 153 Å². The number of hydrogen-bond acceptors (Lipinski definition) is 7. The van der Waals surface area contributed by atoms with Crippen molar-refractivity contribution >= 4 is 27.5 Å². The highest BCUT2D eigenvalue weighted by molar-refractivity contribution is 7.18. The van der Waals surface area contributed by atoms with Crippen LogP contribution in [0.15, 0.2) is 47.2 Å². The Balaban J connectivity index is 1.51. The number of amides is 1. The number of rotatable bonds is 4. The average molecular weight is 365 g/mol. The first-order valence-corrected chi connectivity index (χ1v) is 8.84. The summed E-state index contributed by atoms with van der Waals surface area (Å²) >= 11 is 1.56. The highest BCUT2D eigenvalue weighted by Gasteiger charge is 2.18. The topological polar surface area (TPSA) is 93.8 Å². The fourth-order valence-electron chi connectivity index (χ4n) is 2.55. The van der Waals surface area contributed by atoms with E-state index < -0.39 is 6.04 Å².